The van der Waals surface area contributed by atoms with Crippen molar-refractivity contribution in [3.63, 3.8) is 0 Å². The minimum Gasteiger partial charge on any atom is -0.449 e. The maximum Gasteiger partial charge on any atom is 0.338 e. The number of esters is 1. The van der Waals surface area contributed by atoms with Crippen LogP contribution in [0.1, 0.15) is 60.8 Å². The summed E-state index contributed by atoms with van der Waals surface area (Å²) in [5, 5.41) is 5.06. The van der Waals surface area contributed by atoms with E-state index in [-0.39, 0.29) is 6.04 Å². The fourth-order valence-corrected chi connectivity index (χ4v) is 3.79. The maximum atomic E-state index is 12.4. The number of amides is 3. The Kier molecular flexibility index (Phi) is 6.92. The van der Waals surface area contributed by atoms with Crippen LogP contribution in [0.15, 0.2) is 36.4 Å². The average Bonchev–Trinajstić information content (AvgIpc) is 3.06. The fourth-order valence-electron chi connectivity index (χ4n) is 3.79. The summed E-state index contributed by atoms with van der Waals surface area (Å²) in [4.78, 5) is 36.6. The smallest absolute Gasteiger partial charge is 0.338 e. The van der Waals surface area contributed by atoms with Gasteiger partial charge in [-0.15, -0.1) is 0 Å². The number of imide groups is 1. The monoisotopic (exact) mass is 411 g/mol. The first kappa shape index (κ1) is 21.6. The Bertz CT molecular complexity index is 892. The van der Waals surface area contributed by atoms with Crippen LogP contribution in [0.2, 0.25) is 0 Å². The van der Waals surface area contributed by atoms with Crippen LogP contribution in [-0.2, 0) is 9.53 Å². The molecule has 3 rings (SSSR count). The van der Waals surface area contributed by atoms with Gasteiger partial charge in [0, 0.05) is 23.1 Å². The zero-order valence-corrected chi connectivity index (χ0v) is 17.7. The molecule has 2 aromatic rings. The summed E-state index contributed by atoms with van der Waals surface area (Å²) in [5.41, 5.74) is 3.48. The number of hydrogen-bond acceptors (Lipinski definition) is 4. The van der Waals surface area contributed by atoms with Crippen LogP contribution in [-0.4, -0.2) is 34.6 Å². The van der Waals surface area contributed by atoms with Gasteiger partial charge in [0.15, 0.2) is 6.10 Å². The number of urea groups is 1. The molecule has 30 heavy (non-hydrogen) atoms. The van der Waals surface area contributed by atoms with Crippen molar-refractivity contribution in [2.75, 3.05) is 0 Å². The molecular weight excluding hydrogens is 382 g/mol. The van der Waals surface area contributed by atoms with Crippen molar-refractivity contribution < 1.29 is 19.1 Å². The van der Waals surface area contributed by atoms with Crippen molar-refractivity contribution in [2.24, 2.45) is 0 Å². The minimum atomic E-state index is -1.08. The molecule has 0 spiro atoms. The second-order valence-electron chi connectivity index (χ2n) is 7.84. The molecule has 0 unspecified atom stereocenters. The van der Waals surface area contributed by atoms with Crippen LogP contribution in [0, 0.1) is 13.8 Å². The highest BCUT2D eigenvalue weighted by atomic mass is 16.5. The van der Waals surface area contributed by atoms with E-state index in [1.165, 1.54) is 13.3 Å². The lowest BCUT2D eigenvalue weighted by molar-refractivity contribution is -0.127. The van der Waals surface area contributed by atoms with Crippen LogP contribution in [0.4, 0.5) is 4.79 Å². The first-order valence-electron chi connectivity index (χ1n) is 10.4. The predicted octanol–water partition coefficient (Wildman–Crippen LogP) is 3.80. The Morgan fingerprint density at radius 1 is 0.967 bits per heavy atom. The van der Waals surface area contributed by atoms with Gasteiger partial charge in [0.1, 0.15) is 0 Å². The first-order valence-corrected chi connectivity index (χ1v) is 10.4. The number of nitrogens with zero attached hydrogens (tertiary/aromatic N) is 1. The molecular formula is C23H29N3O4. The highest BCUT2D eigenvalue weighted by Gasteiger charge is 2.22. The Morgan fingerprint density at radius 2 is 1.57 bits per heavy atom. The van der Waals surface area contributed by atoms with E-state index >= 15 is 0 Å². The largest absolute Gasteiger partial charge is 0.449 e. The van der Waals surface area contributed by atoms with Gasteiger partial charge in [-0.25, -0.2) is 9.59 Å². The molecule has 1 atom stereocenters. The summed E-state index contributed by atoms with van der Waals surface area (Å²) < 4.78 is 7.31. The van der Waals surface area contributed by atoms with Crippen molar-refractivity contribution in [1.29, 1.82) is 0 Å². The molecule has 1 heterocycles. The summed E-state index contributed by atoms with van der Waals surface area (Å²) in [7, 11) is 0. The molecule has 0 aliphatic heterocycles. The molecule has 0 saturated heterocycles. The van der Waals surface area contributed by atoms with Gasteiger partial charge in [-0.3, -0.25) is 10.1 Å². The first-order chi connectivity index (χ1) is 14.3. The molecule has 1 saturated carbocycles. The number of carbonyl (C=O) groups is 3. The number of aromatic nitrogens is 1. The van der Waals surface area contributed by atoms with Crippen LogP contribution >= 0.6 is 0 Å². The van der Waals surface area contributed by atoms with Crippen molar-refractivity contribution in [1.82, 2.24) is 15.2 Å². The Labute approximate surface area is 176 Å². The number of carbonyl (C=O) groups excluding carboxylic acids is 3. The highest BCUT2D eigenvalue weighted by molar-refractivity contribution is 5.98. The second-order valence-corrected chi connectivity index (χ2v) is 7.84. The van der Waals surface area contributed by atoms with Gasteiger partial charge in [0.25, 0.3) is 5.91 Å². The van der Waals surface area contributed by atoms with Crippen molar-refractivity contribution in [2.45, 2.75) is 65.0 Å². The molecule has 1 aromatic carbocycles. The lowest BCUT2D eigenvalue weighted by Gasteiger charge is -2.23. The van der Waals surface area contributed by atoms with E-state index in [0.717, 1.165) is 42.8 Å². The van der Waals surface area contributed by atoms with E-state index in [2.05, 4.69) is 15.2 Å². The number of nitrogens with one attached hydrogen (secondary N) is 2. The predicted molar refractivity (Wildman–Crippen MR) is 114 cm³/mol. The lowest BCUT2D eigenvalue weighted by atomic mass is 9.96. The molecule has 160 valence electrons. The molecule has 3 amide bonds. The molecule has 1 aliphatic carbocycles. The third kappa shape index (κ3) is 5.28. The molecule has 0 bridgehead atoms. The van der Waals surface area contributed by atoms with Gasteiger partial charge >= 0.3 is 12.0 Å². The Hall–Kier alpha value is -3.09. The third-order valence-electron chi connectivity index (χ3n) is 5.46. The quantitative estimate of drug-likeness (QED) is 0.733. The summed E-state index contributed by atoms with van der Waals surface area (Å²) in [6.07, 6.45) is 4.10. The van der Waals surface area contributed by atoms with Gasteiger partial charge in [0.05, 0.1) is 5.56 Å². The average molecular weight is 412 g/mol. The number of hydrogen-bond donors (Lipinski definition) is 2. The molecule has 7 heteroatoms. The number of aryl methyl sites for hydroxylation is 2. The molecule has 1 aliphatic rings. The highest BCUT2D eigenvalue weighted by Crippen LogP contribution is 2.18. The van der Waals surface area contributed by atoms with Crippen LogP contribution in [0.5, 0.6) is 0 Å². The Balaban J connectivity index is 1.53. The normalized spacial score (nSPS) is 15.3. The number of benzene rings is 1. The SMILES string of the molecule is Cc1ccc(C)n1-c1ccc(C(=O)O[C@@H](C)C(=O)NC(=O)NC2CCCCC2)cc1. The third-order valence-corrected chi connectivity index (χ3v) is 5.46. The van der Waals surface area contributed by atoms with E-state index in [0.29, 0.717) is 5.56 Å². The van der Waals surface area contributed by atoms with Gasteiger partial charge in [-0.05, 0) is 70.0 Å². The topological polar surface area (TPSA) is 89.4 Å². The standard InChI is InChI=1S/C23H29N3O4/c1-15-9-10-16(2)26(15)20-13-11-18(12-14-20)22(28)30-17(3)21(27)25-23(29)24-19-7-5-4-6-8-19/h9-14,17,19H,4-8H2,1-3H3,(H2,24,25,27,29)/t17-/m0/s1. The summed E-state index contributed by atoms with van der Waals surface area (Å²) in [6, 6.07) is 10.6. The molecule has 0 radical (unpaired) electrons. The molecule has 2 N–H and O–H groups in total. The zero-order chi connectivity index (χ0) is 21.7. The summed E-state index contributed by atoms with van der Waals surface area (Å²) >= 11 is 0. The summed E-state index contributed by atoms with van der Waals surface area (Å²) in [5.74, 6) is -1.26. The van der Waals surface area contributed by atoms with Gasteiger partial charge in [-0.1, -0.05) is 19.3 Å². The van der Waals surface area contributed by atoms with Gasteiger partial charge in [-0.2, -0.15) is 0 Å². The number of ether oxygens (including phenoxy) is 1. The van der Waals surface area contributed by atoms with Crippen LogP contribution in [0.25, 0.3) is 5.69 Å². The van der Waals surface area contributed by atoms with Crippen molar-refractivity contribution in [3.05, 3.63) is 53.3 Å². The number of rotatable bonds is 5. The van der Waals surface area contributed by atoms with E-state index < -0.39 is 24.0 Å². The van der Waals surface area contributed by atoms with E-state index in [1.54, 1.807) is 12.1 Å². The summed E-state index contributed by atoms with van der Waals surface area (Å²) in [6.45, 7) is 5.47. The van der Waals surface area contributed by atoms with Gasteiger partial charge < -0.3 is 14.6 Å². The Morgan fingerprint density at radius 3 is 2.17 bits per heavy atom. The fraction of sp³-hybridized carbons (Fsp3) is 0.435. The van der Waals surface area contributed by atoms with Crippen molar-refractivity contribution >= 4 is 17.9 Å². The van der Waals surface area contributed by atoms with Crippen LogP contribution in [0.3, 0.4) is 0 Å². The van der Waals surface area contributed by atoms with E-state index in [1.807, 2.05) is 38.1 Å². The zero-order valence-electron chi connectivity index (χ0n) is 17.7. The maximum absolute atomic E-state index is 12.4. The van der Waals surface area contributed by atoms with Gasteiger partial charge in [0.2, 0.25) is 0 Å². The molecule has 1 fully saturated rings. The second kappa shape index (κ2) is 9.61. The lowest BCUT2D eigenvalue weighted by Crippen LogP contribution is -2.48. The molecule has 1 aromatic heterocycles. The molecule has 7 nitrogen and oxygen atoms in total. The van der Waals surface area contributed by atoms with E-state index in [9.17, 15) is 14.4 Å². The van der Waals surface area contributed by atoms with E-state index in [4.69, 9.17) is 4.74 Å². The minimum absolute atomic E-state index is 0.0930. The van der Waals surface area contributed by atoms with Crippen LogP contribution < -0.4 is 10.6 Å². The van der Waals surface area contributed by atoms with Crippen molar-refractivity contribution in [3.8, 4) is 5.69 Å².